The lowest BCUT2D eigenvalue weighted by Gasteiger charge is -2.05. The third kappa shape index (κ3) is 7.86. The molecule has 19 nitrogen and oxygen atoms in total. The highest BCUT2D eigenvalue weighted by Gasteiger charge is 1.99. The molecule has 0 aliphatic carbocycles. The minimum absolute atomic E-state index is 0.264. The summed E-state index contributed by atoms with van der Waals surface area (Å²) in [7, 11) is 0. The summed E-state index contributed by atoms with van der Waals surface area (Å²) in [5, 5.41) is 17.1. The van der Waals surface area contributed by atoms with E-state index in [-0.39, 0.29) is 5.96 Å². The molecule has 0 atom stereocenters. The fraction of sp³-hybridized carbons (Fsp3) is 0. The maximum Gasteiger partial charge on any atom is 0.398 e. The number of nitrogens with one attached hydrogen (secondary N) is 3. The van der Waals surface area contributed by atoms with Crippen LogP contribution in [0.4, 0.5) is 17.8 Å². The van der Waals surface area contributed by atoms with Gasteiger partial charge in [0.15, 0.2) is 0 Å². The first-order chi connectivity index (χ1) is 11.0. The number of nitrogens with zero attached hydrogens (tertiary/aromatic N) is 11. The van der Waals surface area contributed by atoms with Crippen LogP contribution in [-0.2, 0) is 0 Å². The van der Waals surface area contributed by atoms with E-state index in [0.717, 1.165) is 0 Å². The van der Waals surface area contributed by atoms with Gasteiger partial charge in [-0.2, -0.15) is 16.8 Å². The second-order valence-corrected chi connectivity index (χ2v) is 2.76. The first-order valence-electron chi connectivity index (χ1n) is 4.99. The molecule has 19 heteroatoms. The van der Waals surface area contributed by atoms with Crippen LogP contribution in [0.15, 0.2) is 10.2 Å². The van der Waals surface area contributed by atoms with E-state index in [1.165, 1.54) is 0 Å². The molecule has 23 heavy (non-hydrogen) atoms. The molecule has 122 valence electrons. The molecule has 0 spiro atoms. The Morgan fingerprint density at radius 3 is 1.96 bits per heavy atom. The molecule has 0 aliphatic rings. The number of hydrogen-bond acceptors (Lipinski definition) is 10. The van der Waals surface area contributed by atoms with Gasteiger partial charge in [0.2, 0.25) is 0 Å². The fourth-order valence-corrected chi connectivity index (χ4v) is 0.756. The molecule has 0 radical (unpaired) electrons. The van der Waals surface area contributed by atoms with Crippen LogP contribution in [0, 0.1) is 10.1 Å². The van der Waals surface area contributed by atoms with E-state index in [2.05, 4.69) is 56.4 Å². The molecule has 0 aromatic carbocycles. The Balaban J connectivity index is 0.000000585. The van der Waals surface area contributed by atoms with E-state index < -0.39 is 22.9 Å². The molecule has 0 fully saturated rings. The maximum absolute atomic E-state index is 10.0. The minimum atomic E-state index is -1.06. The fourth-order valence-electron chi connectivity index (χ4n) is 0.756. The summed E-state index contributed by atoms with van der Waals surface area (Å²) in [6, 6.07) is 0. The van der Waals surface area contributed by atoms with E-state index in [9.17, 15) is 10.1 Å². The van der Waals surface area contributed by atoms with Crippen LogP contribution < -0.4 is 33.5 Å². The Morgan fingerprint density at radius 1 is 1.22 bits per heavy atom. The van der Waals surface area contributed by atoms with Crippen molar-refractivity contribution in [3.8, 4) is 0 Å². The lowest BCUT2D eigenvalue weighted by atomic mass is 10.8. The van der Waals surface area contributed by atoms with Crippen molar-refractivity contribution in [1.82, 2.24) is 25.8 Å². The number of hydrazone groups is 1. The van der Waals surface area contributed by atoms with Gasteiger partial charge < -0.3 is 9.97 Å². The van der Waals surface area contributed by atoms with Crippen molar-refractivity contribution in [2.24, 2.45) is 27.8 Å². The Morgan fingerprint density at radius 2 is 1.70 bits per heavy atom. The molecule has 0 amide bonds. The van der Waals surface area contributed by atoms with Crippen molar-refractivity contribution in [3.05, 3.63) is 36.4 Å². The monoisotopic (exact) mass is 327 g/mol. The summed E-state index contributed by atoms with van der Waals surface area (Å²) < 4.78 is 0. The zero-order valence-corrected chi connectivity index (χ0v) is 11.0. The molecular formula is C4H9N17O2. The SMILES string of the molecule is NNC(NN)=[NH+]N.[N-]=[N+]=Nc1nc(N=[N+]=[N-])nc([N-][N+](=O)[O-])n1. The van der Waals surface area contributed by atoms with Crippen molar-refractivity contribution in [3.63, 3.8) is 0 Å². The van der Waals surface area contributed by atoms with Gasteiger partial charge in [-0.3, -0.25) is 5.84 Å². The highest BCUT2D eigenvalue weighted by molar-refractivity contribution is 5.72. The van der Waals surface area contributed by atoms with Gasteiger partial charge in [0.05, 0.1) is 0 Å². The molecular weight excluding hydrogens is 318 g/mol. The lowest BCUT2D eigenvalue weighted by molar-refractivity contribution is -0.474. The second kappa shape index (κ2) is 10.6. The van der Waals surface area contributed by atoms with Crippen molar-refractivity contribution >= 4 is 23.8 Å². The third-order valence-corrected chi connectivity index (χ3v) is 1.47. The van der Waals surface area contributed by atoms with Crippen LogP contribution in [0.25, 0.3) is 26.3 Å². The molecule has 0 saturated carbocycles. The van der Waals surface area contributed by atoms with Gasteiger partial charge >= 0.3 is 5.96 Å². The highest BCUT2D eigenvalue weighted by Crippen LogP contribution is 2.19. The molecule has 0 aliphatic heterocycles. The van der Waals surface area contributed by atoms with Crippen LogP contribution in [0.3, 0.4) is 0 Å². The van der Waals surface area contributed by atoms with Gasteiger partial charge in [0, 0.05) is 9.82 Å². The topological polar surface area (TPSA) is 310 Å². The largest absolute Gasteiger partial charge is 0.398 e. The number of azide groups is 2. The summed E-state index contributed by atoms with van der Waals surface area (Å²) in [4.78, 5) is 24.7. The first-order valence-corrected chi connectivity index (χ1v) is 4.99. The maximum atomic E-state index is 10.0. The number of hydrogen-bond donors (Lipinski definition) is 6. The normalized spacial score (nSPS) is 8.09. The smallest absolute Gasteiger partial charge is 0.335 e. The Bertz CT molecular complexity index is 610. The van der Waals surface area contributed by atoms with Crippen LogP contribution in [-0.4, -0.2) is 25.9 Å². The number of guanidine groups is 1. The molecule has 0 bridgehead atoms. The number of rotatable bonds is 4. The van der Waals surface area contributed by atoms with Crippen LogP contribution >= 0.6 is 0 Å². The zero-order valence-electron chi connectivity index (χ0n) is 11.0. The van der Waals surface area contributed by atoms with Gasteiger partial charge in [-0.15, -0.1) is 0 Å². The zero-order chi connectivity index (χ0) is 17.7. The molecule has 1 aromatic heterocycles. The van der Waals surface area contributed by atoms with Crippen molar-refractivity contribution < 1.29 is 10.1 Å². The van der Waals surface area contributed by atoms with Gasteiger partial charge in [-0.1, -0.05) is 5.43 Å². The van der Waals surface area contributed by atoms with Gasteiger partial charge in [0.1, 0.15) is 22.9 Å². The molecule has 9 N–H and O–H groups in total. The van der Waals surface area contributed by atoms with E-state index >= 15 is 0 Å². The van der Waals surface area contributed by atoms with E-state index in [4.69, 9.17) is 28.6 Å². The lowest BCUT2D eigenvalue weighted by Crippen LogP contribution is -2.86. The second-order valence-electron chi connectivity index (χ2n) is 2.76. The van der Waals surface area contributed by atoms with Crippen molar-refractivity contribution in [1.29, 1.82) is 0 Å². The number of nitro groups is 1. The van der Waals surface area contributed by atoms with Crippen LogP contribution in [0.2, 0.25) is 0 Å². The van der Waals surface area contributed by atoms with Crippen LogP contribution in [0.1, 0.15) is 0 Å². The van der Waals surface area contributed by atoms with Crippen molar-refractivity contribution in [2.45, 2.75) is 0 Å². The summed E-state index contributed by atoms with van der Waals surface area (Å²) in [5.74, 6) is 13.1. The van der Waals surface area contributed by atoms with Crippen molar-refractivity contribution in [2.75, 3.05) is 0 Å². The minimum Gasteiger partial charge on any atom is -0.335 e. The van der Waals surface area contributed by atoms with E-state index in [1.54, 1.807) is 0 Å². The predicted molar refractivity (Wildman–Crippen MR) is 72.3 cm³/mol. The van der Waals surface area contributed by atoms with Crippen LogP contribution in [0.5, 0.6) is 0 Å². The quantitative estimate of drug-likeness (QED) is 0.0480. The summed E-state index contributed by atoms with van der Waals surface area (Å²) in [6.07, 6.45) is 0. The van der Waals surface area contributed by atoms with Gasteiger partial charge in [-0.25, -0.2) is 25.9 Å². The highest BCUT2D eigenvalue weighted by atomic mass is 16.7. The summed E-state index contributed by atoms with van der Waals surface area (Å²) in [5.41, 5.74) is 23.2. The van der Waals surface area contributed by atoms with Gasteiger partial charge in [-0.05, 0) is 21.3 Å². The molecule has 0 unspecified atom stereocenters. The molecule has 1 aromatic rings. The average molecular weight is 327 g/mol. The Hall–Kier alpha value is -4.18. The third-order valence-electron chi connectivity index (χ3n) is 1.47. The number of nitrogens with two attached hydrogens (primary N) is 3. The Labute approximate surface area is 125 Å². The average Bonchev–Trinajstić information content (AvgIpc) is 2.49. The van der Waals surface area contributed by atoms with Gasteiger partial charge in [0.25, 0.3) is 0 Å². The number of aromatic nitrogens is 3. The molecule has 0 saturated heterocycles. The predicted octanol–water partition coefficient (Wildman–Crippen LogP) is -2.82. The molecule has 1 heterocycles. The summed E-state index contributed by atoms with van der Waals surface area (Å²) >= 11 is 0. The standard InChI is InChI=1S/C3N11O2.CH8N6/c4-12-9-1-6-2(10-13-5)8-3(7-1)11-14(15)16;2-5-1(6-3)7-4/h;2-4H2,(H2,5,6,7)/q-1;/p+1. The first kappa shape index (κ1) is 18.8. The van der Waals surface area contributed by atoms with E-state index in [0.29, 0.717) is 0 Å². The Kier molecular flexibility index (Phi) is 8.66. The molecule has 1 rings (SSSR count). The summed E-state index contributed by atoms with van der Waals surface area (Å²) in [6.45, 7) is 0. The van der Waals surface area contributed by atoms with E-state index in [1.807, 2.05) is 0 Å². The number of hydrazine groups is 3.